The van der Waals surface area contributed by atoms with E-state index in [0.29, 0.717) is 30.9 Å². The van der Waals surface area contributed by atoms with Crippen molar-refractivity contribution in [3.63, 3.8) is 0 Å². The van der Waals surface area contributed by atoms with E-state index >= 15 is 0 Å². The number of guanidine groups is 1. The predicted octanol–water partition coefficient (Wildman–Crippen LogP) is 0.601. The third-order valence-electron chi connectivity index (χ3n) is 5.44. The van der Waals surface area contributed by atoms with Crippen LogP contribution in [0, 0.1) is 5.92 Å². The van der Waals surface area contributed by atoms with Crippen molar-refractivity contribution in [1.82, 2.24) is 30.1 Å². The van der Waals surface area contributed by atoms with Crippen LogP contribution < -0.4 is 15.4 Å². The Morgan fingerprint density at radius 3 is 2.75 bits per heavy atom. The Morgan fingerprint density at radius 1 is 1.32 bits per heavy atom. The normalized spacial score (nSPS) is 20.7. The summed E-state index contributed by atoms with van der Waals surface area (Å²) in [7, 11) is -1.56. The summed E-state index contributed by atoms with van der Waals surface area (Å²) >= 11 is 0. The molecule has 1 aliphatic heterocycles. The number of aromatic nitrogens is 3. The van der Waals surface area contributed by atoms with Crippen LogP contribution in [0.15, 0.2) is 4.99 Å². The van der Waals surface area contributed by atoms with Crippen molar-refractivity contribution >= 4 is 16.0 Å². The van der Waals surface area contributed by atoms with Crippen LogP contribution in [0.4, 0.5) is 0 Å². The molecule has 0 aromatic carbocycles. The molecule has 1 fully saturated rings. The second-order valence-corrected chi connectivity index (χ2v) is 9.99. The van der Waals surface area contributed by atoms with Gasteiger partial charge >= 0.3 is 0 Å². The van der Waals surface area contributed by atoms with Gasteiger partial charge in [0.05, 0.1) is 12.3 Å². The van der Waals surface area contributed by atoms with Crippen LogP contribution in [0.5, 0.6) is 0 Å². The molecule has 1 aromatic heterocycles. The van der Waals surface area contributed by atoms with E-state index in [0.717, 1.165) is 43.9 Å². The van der Waals surface area contributed by atoms with Gasteiger partial charge in [-0.25, -0.2) is 22.8 Å². The zero-order valence-electron chi connectivity index (χ0n) is 17.1. The average Bonchev–Trinajstić information content (AvgIpc) is 3.03. The van der Waals surface area contributed by atoms with Crippen molar-refractivity contribution in [2.75, 3.05) is 25.9 Å². The number of rotatable bonds is 8. The van der Waals surface area contributed by atoms with Gasteiger partial charge in [-0.05, 0) is 25.2 Å². The first kappa shape index (κ1) is 21.0. The summed E-state index contributed by atoms with van der Waals surface area (Å²) in [5.74, 6) is 3.41. The minimum Gasteiger partial charge on any atom is -0.355 e. The van der Waals surface area contributed by atoms with E-state index in [2.05, 4.69) is 44.3 Å². The van der Waals surface area contributed by atoms with Crippen molar-refractivity contribution < 1.29 is 8.42 Å². The van der Waals surface area contributed by atoms with E-state index in [1.54, 1.807) is 7.05 Å². The Labute approximate surface area is 167 Å². The molecule has 1 saturated carbocycles. The monoisotopic (exact) mass is 411 g/mol. The highest BCUT2D eigenvalue weighted by Crippen LogP contribution is 2.25. The second-order valence-electron chi connectivity index (χ2n) is 8.07. The third kappa shape index (κ3) is 5.66. The van der Waals surface area contributed by atoms with Crippen molar-refractivity contribution in [3.8, 4) is 0 Å². The van der Waals surface area contributed by atoms with Crippen molar-refractivity contribution in [3.05, 3.63) is 11.6 Å². The fraction of sp³-hybridized carbons (Fsp3) is 0.833. The summed E-state index contributed by atoms with van der Waals surface area (Å²) in [6.45, 7) is 5.81. The van der Waals surface area contributed by atoms with Crippen LogP contribution in [0.3, 0.4) is 0 Å². The van der Waals surface area contributed by atoms with E-state index in [1.165, 1.54) is 6.42 Å². The van der Waals surface area contributed by atoms with Gasteiger partial charge in [0.15, 0.2) is 11.8 Å². The molecule has 2 aliphatic rings. The smallest absolute Gasteiger partial charge is 0.213 e. The summed E-state index contributed by atoms with van der Waals surface area (Å²) < 4.78 is 28.9. The van der Waals surface area contributed by atoms with Gasteiger partial charge in [0.1, 0.15) is 5.82 Å². The lowest BCUT2D eigenvalue weighted by molar-refractivity contribution is 0.316. The molecule has 1 unspecified atom stereocenters. The Kier molecular flexibility index (Phi) is 6.92. The molecule has 28 heavy (non-hydrogen) atoms. The topological polar surface area (TPSA) is 113 Å². The maximum Gasteiger partial charge on any atom is 0.213 e. The van der Waals surface area contributed by atoms with Crippen LogP contribution >= 0.6 is 0 Å². The molecule has 0 bridgehead atoms. The number of aliphatic imine (C=N–C) groups is 1. The molecular formula is C18H33N7O2S. The fourth-order valence-corrected chi connectivity index (χ4v) is 4.40. The molecule has 0 saturated heterocycles. The maximum absolute atomic E-state index is 12.1. The minimum atomic E-state index is -3.25. The zero-order chi connectivity index (χ0) is 20.1. The summed E-state index contributed by atoms with van der Waals surface area (Å²) in [5.41, 5.74) is 0. The van der Waals surface area contributed by atoms with E-state index in [4.69, 9.17) is 0 Å². The number of hydrogen-bond donors (Lipinski definition) is 3. The van der Waals surface area contributed by atoms with Gasteiger partial charge in [0.2, 0.25) is 10.0 Å². The van der Waals surface area contributed by atoms with E-state index in [1.807, 2.05) is 4.68 Å². The van der Waals surface area contributed by atoms with Gasteiger partial charge in [0, 0.05) is 38.5 Å². The SMILES string of the molecule is CN=C(NCCS(=O)(=O)NCC1CCC1)NC1CCc2nc(C(C)C)nn2C1. The number of nitrogens with zero attached hydrogens (tertiary/aromatic N) is 4. The van der Waals surface area contributed by atoms with Gasteiger partial charge in [-0.1, -0.05) is 20.3 Å². The number of fused-ring (bicyclic) bond motifs is 1. The highest BCUT2D eigenvalue weighted by molar-refractivity contribution is 7.89. The molecule has 158 valence electrons. The van der Waals surface area contributed by atoms with Gasteiger partial charge in [0.25, 0.3) is 0 Å². The lowest BCUT2D eigenvalue weighted by Crippen LogP contribution is -2.48. The van der Waals surface area contributed by atoms with E-state index in [-0.39, 0.29) is 11.8 Å². The Balaban J connectivity index is 1.43. The Hall–Kier alpha value is -1.68. The summed E-state index contributed by atoms with van der Waals surface area (Å²) in [6.07, 6.45) is 5.29. The minimum absolute atomic E-state index is 0.0378. The molecule has 1 atom stereocenters. The molecule has 0 amide bonds. The summed E-state index contributed by atoms with van der Waals surface area (Å²) in [4.78, 5) is 8.83. The fourth-order valence-electron chi connectivity index (χ4n) is 3.40. The van der Waals surface area contributed by atoms with Crippen LogP contribution in [0.1, 0.15) is 57.1 Å². The maximum atomic E-state index is 12.1. The predicted molar refractivity (Wildman–Crippen MR) is 110 cm³/mol. The first-order valence-electron chi connectivity index (χ1n) is 10.2. The highest BCUT2D eigenvalue weighted by atomic mass is 32.2. The molecule has 10 heteroatoms. The molecule has 3 rings (SSSR count). The van der Waals surface area contributed by atoms with Gasteiger partial charge in [-0.2, -0.15) is 5.10 Å². The number of nitrogens with one attached hydrogen (secondary N) is 3. The number of aryl methyl sites for hydroxylation is 1. The molecule has 0 spiro atoms. The van der Waals surface area contributed by atoms with Crippen molar-refractivity contribution in [2.24, 2.45) is 10.9 Å². The molecule has 2 heterocycles. The second kappa shape index (κ2) is 9.21. The Morgan fingerprint density at radius 2 is 2.11 bits per heavy atom. The third-order valence-corrected chi connectivity index (χ3v) is 6.78. The lowest BCUT2D eigenvalue weighted by atomic mass is 9.86. The van der Waals surface area contributed by atoms with E-state index in [9.17, 15) is 8.42 Å². The number of sulfonamides is 1. The largest absolute Gasteiger partial charge is 0.355 e. The quantitative estimate of drug-likeness (QED) is 0.426. The standard InChI is InChI=1S/C18H33N7O2S/c1-13(2)17-23-16-8-7-15(12-25(16)24-17)22-18(19-3)20-9-10-28(26,27)21-11-14-5-4-6-14/h13-15,21H,4-12H2,1-3H3,(H2,19,20,22). The average molecular weight is 412 g/mol. The van der Waals surface area contributed by atoms with Crippen LogP contribution in [-0.4, -0.2) is 61.1 Å². The number of hydrogen-bond acceptors (Lipinski definition) is 5. The van der Waals surface area contributed by atoms with Crippen molar-refractivity contribution in [2.45, 2.75) is 64.5 Å². The van der Waals surface area contributed by atoms with Gasteiger partial charge < -0.3 is 10.6 Å². The highest BCUT2D eigenvalue weighted by Gasteiger charge is 2.23. The Bertz CT molecular complexity index is 784. The van der Waals surface area contributed by atoms with Crippen molar-refractivity contribution in [1.29, 1.82) is 0 Å². The summed E-state index contributed by atoms with van der Waals surface area (Å²) in [5, 5.41) is 11.1. The molecule has 3 N–H and O–H groups in total. The molecule has 9 nitrogen and oxygen atoms in total. The van der Waals surface area contributed by atoms with Crippen LogP contribution in [-0.2, 0) is 23.0 Å². The van der Waals surface area contributed by atoms with Gasteiger partial charge in [-0.3, -0.25) is 4.99 Å². The zero-order valence-corrected chi connectivity index (χ0v) is 17.9. The summed E-state index contributed by atoms with van der Waals surface area (Å²) in [6, 6.07) is 0.189. The first-order chi connectivity index (χ1) is 13.4. The first-order valence-corrected chi connectivity index (χ1v) is 11.9. The molecule has 1 aromatic rings. The molecule has 0 radical (unpaired) electrons. The van der Waals surface area contributed by atoms with E-state index < -0.39 is 10.0 Å². The molecular weight excluding hydrogens is 378 g/mol. The van der Waals surface area contributed by atoms with Crippen LogP contribution in [0.2, 0.25) is 0 Å². The lowest BCUT2D eigenvalue weighted by Gasteiger charge is -2.26. The van der Waals surface area contributed by atoms with Gasteiger partial charge in [-0.15, -0.1) is 0 Å². The molecule has 1 aliphatic carbocycles. The van der Waals surface area contributed by atoms with Crippen LogP contribution in [0.25, 0.3) is 0 Å².